The van der Waals surface area contributed by atoms with Gasteiger partial charge in [-0.15, -0.1) is 0 Å². The van der Waals surface area contributed by atoms with Gasteiger partial charge in [0.25, 0.3) is 0 Å². The quantitative estimate of drug-likeness (QED) is 0.416. The Labute approximate surface area is 170 Å². The lowest BCUT2D eigenvalue weighted by Crippen LogP contribution is -2.06. The molecule has 0 unspecified atom stereocenters. The Balaban J connectivity index is 1.78. The maximum atomic E-state index is 12.3. The maximum absolute atomic E-state index is 12.3. The molecule has 0 spiro atoms. The number of aromatic nitrogens is 2. The van der Waals surface area contributed by atoms with Gasteiger partial charge in [-0.1, -0.05) is 66.7 Å². The molecular formula is C25H22N2O2. The standard InChI is InChI=1S/C25H22N2O2/c1-3-29-25(28)23-17-24(27(26-23)22-11-7-8-18(2)16-22)21-14-12-20(13-15-21)19-9-5-4-6-10-19/h4-17H,3H2,1-2H3. The smallest absolute Gasteiger partial charge is 0.358 e. The molecule has 4 rings (SSSR count). The monoisotopic (exact) mass is 382 g/mol. The number of nitrogens with zero attached hydrogens (tertiary/aromatic N) is 2. The fourth-order valence-corrected chi connectivity index (χ4v) is 3.31. The molecule has 0 saturated heterocycles. The number of hydrogen-bond acceptors (Lipinski definition) is 3. The van der Waals surface area contributed by atoms with Crippen molar-refractivity contribution in [2.75, 3.05) is 6.61 Å². The fourth-order valence-electron chi connectivity index (χ4n) is 3.31. The van der Waals surface area contributed by atoms with Crippen LogP contribution in [-0.4, -0.2) is 22.4 Å². The first-order valence-electron chi connectivity index (χ1n) is 9.66. The molecule has 3 aromatic carbocycles. The highest BCUT2D eigenvalue weighted by Gasteiger charge is 2.17. The Hall–Kier alpha value is -3.66. The van der Waals surface area contributed by atoms with Crippen LogP contribution in [0.25, 0.3) is 28.1 Å². The number of rotatable bonds is 5. The molecule has 29 heavy (non-hydrogen) atoms. The van der Waals surface area contributed by atoms with Crippen molar-refractivity contribution in [3.63, 3.8) is 0 Å². The van der Waals surface area contributed by atoms with Crippen LogP contribution in [0.3, 0.4) is 0 Å². The topological polar surface area (TPSA) is 44.1 Å². The maximum Gasteiger partial charge on any atom is 0.358 e. The van der Waals surface area contributed by atoms with Crippen molar-refractivity contribution in [2.45, 2.75) is 13.8 Å². The van der Waals surface area contributed by atoms with E-state index in [2.05, 4.69) is 41.5 Å². The molecule has 0 bridgehead atoms. The van der Waals surface area contributed by atoms with Crippen molar-refractivity contribution in [2.24, 2.45) is 0 Å². The van der Waals surface area contributed by atoms with E-state index in [1.54, 1.807) is 17.7 Å². The molecule has 0 aliphatic carbocycles. The molecule has 1 aromatic heterocycles. The lowest BCUT2D eigenvalue weighted by atomic mass is 10.0. The Kier molecular flexibility index (Phi) is 5.25. The average molecular weight is 382 g/mol. The average Bonchev–Trinajstić information content (AvgIpc) is 3.20. The first-order valence-corrected chi connectivity index (χ1v) is 9.66. The van der Waals surface area contributed by atoms with E-state index in [4.69, 9.17) is 4.74 Å². The first kappa shape index (κ1) is 18.7. The van der Waals surface area contributed by atoms with Crippen LogP contribution in [-0.2, 0) is 4.74 Å². The number of esters is 1. The van der Waals surface area contributed by atoms with Gasteiger partial charge in [0.05, 0.1) is 18.0 Å². The Bertz CT molecular complexity index is 1130. The van der Waals surface area contributed by atoms with Crippen LogP contribution >= 0.6 is 0 Å². The summed E-state index contributed by atoms with van der Waals surface area (Å²) in [6, 6.07) is 28.4. The second-order valence-electron chi connectivity index (χ2n) is 6.83. The van der Waals surface area contributed by atoms with E-state index in [1.165, 1.54) is 5.56 Å². The van der Waals surface area contributed by atoms with Gasteiger partial charge in [0.1, 0.15) is 0 Å². The summed E-state index contributed by atoms with van der Waals surface area (Å²) in [5, 5.41) is 4.54. The summed E-state index contributed by atoms with van der Waals surface area (Å²) < 4.78 is 6.96. The largest absolute Gasteiger partial charge is 0.461 e. The number of hydrogen-bond donors (Lipinski definition) is 0. The van der Waals surface area contributed by atoms with Crippen molar-refractivity contribution >= 4 is 5.97 Å². The van der Waals surface area contributed by atoms with Crippen LogP contribution in [0, 0.1) is 6.92 Å². The van der Waals surface area contributed by atoms with Crippen LogP contribution < -0.4 is 0 Å². The molecule has 1 heterocycles. The summed E-state index contributed by atoms with van der Waals surface area (Å²) in [5.41, 5.74) is 6.46. The number of carbonyl (C=O) groups is 1. The summed E-state index contributed by atoms with van der Waals surface area (Å²) >= 11 is 0. The van der Waals surface area contributed by atoms with Crippen molar-refractivity contribution in [1.29, 1.82) is 0 Å². The second kappa shape index (κ2) is 8.15. The molecule has 0 atom stereocenters. The number of ether oxygens (including phenoxy) is 1. The molecule has 144 valence electrons. The van der Waals surface area contributed by atoms with Crippen molar-refractivity contribution < 1.29 is 9.53 Å². The van der Waals surface area contributed by atoms with Crippen LogP contribution in [0.4, 0.5) is 0 Å². The molecule has 4 heteroatoms. The third-order valence-corrected chi connectivity index (χ3v) is 4.73. The molecule has 0 saturated carbocycles. The zero-order valence-corrected chi connectivity index (χ0v) is 16.5. The van der Waals surface area contributed by atoms with Gasteiger partial charge >= 0.3 is 5.97 Å². The van der Waals surface area contributed by atoms with Crippen LogP contribution in [0.2, 0.25) is 0 Å². The van der Waals surface area contributed by atoms with Crippen molar-refractivity contribution in [3.05, 3.63) is 96.2 Å². The Morgan fingerprint density at radius 3 is 2.24 bits per heavy atom. The highest BCUT2D eigenvalue weighted by Crippen LogP contribution is 2.28. The molecule has 0 radical (unpaired) electrons. The van der Waals surface area contributed by atoms with Gasteiger partial charge < -0.3 is 4.74 Å². The summed E-state index contributed by atoms with van der Waals surface area (Å²) in [6.07, 6.45) is 0. The third-order valence-electron chi connectivity index (χ3n) is 4.73. The highest BCUT2D eigenvalue weighted by atomic mass is 16.5. The fraction of sp³-hybridized carbons (Fsp3) is 0.120. The van der Waals surface area contributed by atoms with Crippen molar-refractivity contribution in [3.8, 4) is 28.1 Å². The normalized spacial score (nSPS) is 10.7. The predicted molar refractivity (Wildman–Crippen MR) is 115 cm³/mol. The molecule has 0 N–H and O–H groups in total. The van der Waals surface area contributed by atoms with Gasteiger partial charge in [-0.2, -0.15) is 5.10 Å². The van der Waals surface area contributed by atoms with E-state index in [1.807, 2.05) is 49.4 Å². The van der Waals surface area contributed by atoms with Gasteiger partial charge in [0.2, 0.25) is 0 Å². The van der Waals surface area contributed by atoms with E-state index in [9.17, 15) is 4.79 Å². The number of carbonyl (C=O) groups excluding carboxylic acids is 1. The van der Waals surface area contributed by atoms with E-state index in [0.29, 0.717) is 12.3 Å². The SMILES string of the molecule is CCOC(=O)c1cc(-c2ccc(-c3ccccc3)cc2)n(-c2cccc(C)c2)n1. The molecule has 0 amide bonds. The lowest BCUT2D eigenvalue weighted by Gasteiger charge is -2.09. The lowest BCUT2D eigenvalue weighted by molar-refractivity contribution is 0.0519. The zero-order valence-electron chi connectivity index (χ0n) is 16.5. The summed E-state index contributed by atoms with van der Waals surface area (Å²) in [6.45, 7) is 4.14. The van der Waals surface area contributed by atoms with E-state index < -0.39 is 5.97 Å². The molecule has 4 aromatic rings. The summed E-state index contributed by atoms with van der Waals surface area (Å²) in [5.74, 6) is -0.416. The predicted octanol–water partition coefficient (Wildman–Crippen LogP) is 5.69. The zero-order chi connectivity index (χ0) is 20.2. The molecular weight excluding hydrogens is 360 g/mol. The minimum atomic E-state index is -0.416. The van der Waals surface area contributed by atoms with Gasteiger partial charge in [-0.05, 0) is 48.7 Å². The Morgan fingerprint density at radius 1 is 0.862 bits per heavy atom. The second-order valence-corrected chi connectivity index (χ2v) is 6.83. The molecule has 4 nitrogen and oxygen atoms in total. The molecule has 0 aliphatic rings. The van der Waals surface area contributed by atoms with Crippen LogP contribution in [0.15, 0.2) is 84.9 Å². The highest BCUT2D eigenvalue weighted by molar-refractivity contribution is 5.89. The molecule has 0 aliphatic heterocycles. The van der Waals surface area contributed by atoms with Gasteiger partial charge in [0, 0.05) is 5.56 Å². The van der Waals surface area contributed by atoms with Crippen LogP contribution in [0.5, 0.6) is 0 Å². The van der Waals surface area contributed by atoms with Gasteiger partial charge in [0.15, 0.2) is 5.69 Å². The number of aryl methyl sites for hydroxylation is 1. The number of benzene rings is 3. The van der Waals surface area contributed by atoms with Gasteiger partial charge in [-0.25, -0.2) is 9.48 Å². The van der Waals surface area contributed by atoms with E-state index in [-0.39, 0.29) is 0 Å². The van der Waals surface area contributed by atoms with Gasteiger partial charge in [-0.3, -0.25) is 0 Å². The minimum absolute atomic E-state index is 0.301. The summed E-state index contributed by atoms with van der Waals surface area (Å²) in [7, 11) is 0. The molecule has 0 fully saturated rings. The first-order chi connectivity index (χ1) is 14.2. The third kappa shape index (κ3) is 3.97. The van der Waals surface area contributed by atoms with Crippen molar-refractivity contribution in [1.82, 2.24) is 9.78 Å². The van der Waals surface area contributed by atoms with E-state index in [0.717, 1.165) is 28.1 Å². The Morgan fingerprint density at radius 2 is 1.55 bits per heavy atom. The van der Waals surface area contributed by atoms with Crippen LogP contribution in [0.1, 0.15) is 23.0 Å². The summed E-state index contributed by atoms with van der Waals surface area (Å²) in [4.78, 5) is 12.3. The van der Waals surface area contributed by atoms with E-state index >= 15 is 0 Å². The minimum Gasteiger partial charge on any atom is -0.461 e.